The number of rotatable bonds is 3. The van der Waals surface area contributed by atoms with Crippen molar-refractivity contribution in [1.82, 2.24) is 4.90 Å². The molecule has 2 fully saturated rings. The highest BCUT2D eigenvalue weighted by Gasteiger charge is 2.56. The third-order valence-corrected chi connectivity index (χ3v) is 4.45. The average molecular weight is 311 g/mol. The van der Waals surface area contributed by atoms with Crippen LogP contribution in [0.1, 0.15) is 38.5 Å². The van der Waals surface area contributed by atoms with Gasteiger partial charge in [0.15, 0.2) is 0 Å². The minimum absolute atomic E-state index is 0.0293. The Labute approximate surface area is 119 Å². The molecule has 2 rings (SSSR count). The molecule has 0 aromatic carbocycles. The molecule has 1 heterocycles. The molecule has 0 spiro atoms. The summed E-state index contributed by atoms with van der Waals surface area (Å²) < 4.78 is 51.6. The second kappa shape index (κ2) is 5.81. The van der Waals surface area contributed by atoms with E-state index in [1.807, 2.05) is 0 Å². The van der Waals surface area contributed by atoms with Gasteiger partial charge in [-0.05, 0) is 31.6 Å². The Balaban J connectivity index is 2.32. The highest BCUT2D eigenvalue weighted by atomic mass is 19.3. The van der Waals surface area contributed by atoms with Crippen molar-refractivity contribution < 1.29 is 32.3 Å². The molecule has 1 N–H and O–H groups in total. The van der Waals surface area contributed by atoms with Gasteiger partial charge in [-0.25, -0.2) is 13.6 Å². The summed E-state index contributed by atoms with van der Waals surface area (Å²) >= 11 is 0. The molecule has 1 saturated carbocycles. The predicted octanol–water partition coefficient (Wildman–Crippen LogP) is 2.52. The van der Waals surface area contributed by atoms with Gasteiger partial charge in [0.1, 0.15) is 6.04 Å². The number of halogens is 4. The molecule has 120 valence electrons. The van der Waals surface area contributed by atoms with Crippen LogP contribution in [0.4, 0.5) is 17.6 Å². The molecule has 0 aromatic heterocycles. The minimum Gasteiger partial charge on any atom is -0.480 e. The van der Waals surface area contributed by atoms with Crippen molar-refractivity contribution in [2.45, 2.75) is 63.0 Å². The zero-order valence-electron chi connectivity index (χ0n) is 11.3. The molecule has 2 aliphatic rings. The van der Waals surface area contributed by atoms with E-state index in [2.05, 4.69) is 0 Å². The summed E-state index contributed by atoms with van der Waals surface area (Å²) in [5.74, 6) is -8.39. The lowest BCUT2D eigenvalue weighted by Gasteiger charge is -2.47. The first-order valence-electron chi connectivity index (χ1n) is 6.98. The van der Waals surface area contributed by atoms with Gasteiger partial charge in [0.05, 0.1) is 0 Å². The summed E-state index contributed by atoms with van der Waals surface area (Å²) in [5.41, 5.74) is 0. The van der Waals surface area contributed by atoms with Gasteiger partial charge in [-0.1, -0.05) is 12.8 Å². The van der Waals surface area contributed by atoms with Gasteiger partial charge < -0.3 is 10.0 Å². The van der Waals surface area contributed by atoms with E-state index in [0.29, 0.717) is 30.6 Å². The lowest BCUT2D eigenvalue weighted by atomic mass is 9.76. The fourth-order valence-corrected chi connectivity index (χ4v) is 3.43. The van der Waals surface area contributed by atoms with Crippen LogP contribution in [0.15, 0.2) is 0 Å². The summed E-state index contributed by atoms with van der Waals surface area (Å²) in [6.45, 7) is 0. The molecule has 3 atom stereocenters. The molecule has 1 aliphatic carbocycles. The van der Waals surface area contributed by atoms with Crippen molar-refractivity contribution in [3.8, 4) is 0 Å². The number of carboxylic acid groups (broad SMARTS) is 1. The Morgan fingerprint density at radius 3 is 2.29 bits per heavy atom. The van der Waals surface area contributed by atoms with Gasteiger partial charge in [0.2, 0.25) is 0 Å². The van der Waals surface area contributed by atoms with Gasteiger partial charge in [-0.15, -0.1) is 0 Å². The van der Waals surface area contributed by atoms with Crippen molar-refractivity contribution in [2.24, 2.45) is 5.92 Å². The standard InChI is InChI=1S/C13H17F4NO3/c14-11(15)13(16,17)12(21)18-8-4-2-1-3-7(8)5-6-9(18)10(19)20/h7-9,11H,1-6H2,(H,19,20). The zero-order chi connectivity index (χ0) is 15.8. The fraction of sp³-hybridized carbons (Fsp3) is 0.846. The Hall–Kier alpha value is -1.34. The maximum atomic E-state index is 13.4. The predicted molar refractivity (Wildman–Crippen MR) is 64.2 cm³/mol. The number of piperidine rings is 1. The third kappa shape index (κ3) is 2.85. The molecule has 3 unspecified atom stereocenters. The van der Waals surface area contributed by atoms with Crippen molar-refractivity contribution in [3.63, 3.8) is 0 Å². The number of hydrogen-bond acceptors (Lipinski definition) is 2. The molecule has 8 heteroatoms. The molecule has 1 amide bonds. The van der Waals surface area contributed by atoms with Crippen LogP contribution in [-0.4, -0.2) is 46.3 Å². The maximum Gasteiger partial charge on any atom is 0.383 e. The van der Waals surface area contributed by atoms with E-state index in [-0.39, 0.29) is 12.3 Å². The molecule has 0 aromatic rings. The Morgan fingerprint density at radius 2 is 1.71 bits per heavy atom. The van der Waals surface area contributed by atoms with Crippen LogP contribution < -0.4 is 0 Å². The third-order valence-electron chi connectivity index (χ3n) is 4.45. The van der Waals surface area contributed by atoms with Gasteiger partial charge in [0, 0.05) is 6.04 Å². The van der Waals surface area contributed by atoms with Crippen LogP contribution in [0.2, 0.25) is 0 Å². The van der Waals surface area contributed by atoms with Gasteiger partial charge >= 0.3 is 18.3 Å². The first-order valence-corrected chi connectivity index (χ1v) is 6.98. The maximum absolute atomic E-state index is 13.4. The van der Waals surface area contributed by atoms with E-state index in [4.69, 9.17) is 5.11 Å². The molecular formula is C13H17F4NO3. The molecule has 0 bridgehead atoms. The summed E-state index contributed by atoms with van der Waals surface area (Å²) in [5, 5.41) is 9.13. The number of fused-ring (bicyclic) bond motifs is 1. The second-order valence-electron chi connectivity index (χ2n) is 5.68. The van der Waals surface area contributed by atoms with E-state index < -0.39 is 36.3 Å². The van der Waals surface area contributed by atoms with Crippen LogP contribution in [0.25, 0.3) is 0 Å². The number of hydrogen-bond donors (Lipinski definition) is 1. The van der Waals surface area contributed by atoms with Crippen molar-refractivity contribution in [3.05, 3.63) is 0 Å². The lowest BCUT2D eigenvalue weighted by Crippen LogP contribution is -2.62. The van der Waals surface area contributed by atoms with Gasteiger partial charge in [-0.2, -0.15) is 8.78 Å². The number of alkyl halides is 4. The topological polar surface area (TPSA) is 57.6 Å². The summed E-state index contributed by atoms with van der Waals surface area (Å²) in [7, 11) is 0. The van der Waals surface area contributed by atoms with E-state index in [1.54, 1.807) is 0 Å². The summed E-state index contributed by atoms with van der Waals surface area (Å²) in [6.07, 6.45) is -0.930. The van der Waals surface area contributed by atoms with Crippen LogP contribution >= 0.6 is 0 Å². The molecule has 21 heavy (non-hydrogen) atoms. The number of likely N-dealkylation sites (tertiary alicyclic amines) is 1. The fourth-order valence-electron chi connectivity index (χ4n) is 3.43. The molecule has 1 saturated heterocycles. The zero-order valence-corrected chi connectivity index (χ0v) is 11.3. The number of carboxylic acids is 1. The monoisotopic (exact) mass is 311 g/mol. The van der Waals surface area contributed by atoms with Crippen LogP contribution in [0.5, 0.6) is 0 Å². The van der Waals surface area contributed by atoms with Crippen LogP contribution in [-0.2, 0) is 9.59 Å². The van der Waals surface area contributed by atoms with Crippen molar-refractivity contribution >= 4 is 11.9 Å². The van der Waals surface area contributed by atoms with Crippen LogP contribution in [0.3, 0.4) is 0 Å². The first kappa shape index (κ1) is 16.0. The number of aliphatic carboxylic acids is 1. The summed E-state index contributed by atoms with van der Waals surface area (Å²) in [6, 6.07) is -2.12. The number of carbonyl (C=O) groups excluding carboxylic acids is 1. The van der Waals surface area contributed by atoms with Gasteiger partial charge in [0.25, 0.3) is 5.91 Å². The number of amides is 1. The van der Waals surface area contributed by atoms with Crippen molar-refractivity contribution in [1.29, 1.82) is 0 Å². The normalized spacial score (nSPS) is 30.1. The Bertz CT molecular complexity index is 430. The molecule has 0 radical (unpaired) electrons. The SMILES string of the molecule is O=C(O)C1CCC2CCCCC2N1C(=O)C(F)(F)C(F)F. The summed E-state index contributed by atoms with van der Waals surface area (Å²) in [4.78, 5) is 23.6. The minimum atomic E-state index is -4.84. The van der Waals surface area contributed by atoms with E-state index >= 15 is 0 Å². The first-order chi connectivity index (χ1) is 9.76. The highest BCUT2D eigenvalue weighted by Crippen LogP contribution is 2.40. The number of nitrogens with zero attached hydrogens (tertiary/aromatic N) is 1. The second-order valence-corrected chi connectivity index (χ2v) is 5.68. The van der Waals surface area contributed by atoms with E-state index in [1.165, 1.54) is 0 Å². The van der Waals surface area contributed by atoms with E-state index in [0.717, 1.165) is 6.42 Å². The molecular weight excluding hydrogens is 294 g/mol. The van der Waals surface area contributed by atoms with Crippen LogP contribution in [0, 0.1) is 5.92 Å². The Kier molecular flexibility index (Phi) is 4.43. The van der Waals surface area contributed by atoms with Gasteiger partial charge in [-0.3, -0.25) is 4.79 Å². The van der Waals surface area contributed by atoms with E-state index in [9.17, 15) is 27.2 Å². The molecule has 1 aliphatic heterocycles. The van der Waals surface area contributed by atoms with Crippen molar-refractivity contribution in [2.75, 3.05) is 0 Å². The smallest absolute Gasteiger partial charge is 0.383 e. The quantitative estimate of drug-likeness (QED) is 0.815. The highest BCUT2D eigenvalue weighted by molar-refractivity contribution is 5.89. The lowest BCUT2D eigenvalue weighted by molar-refractivity contribution is -0.193. The Morgan fingerprint density at radius 1 is 1.10 bits per heavy atom. The number of carbonyl (C=O) groups is 2. The molecule has 4 nitrogen and oxygen atoms in total. The average Bonchev–Trinajstić information content (AvgIpc) is 2.44. The largest absolute Gasteiger partial charge is 0.480 e.